The number of aromatic amines is 1. The van der Waals surface area contributed by atoms with Gasteiger partial charge in [-0.2, -0.15) is 10.2 Å². The van der Waals surface area contributed by atoms with Crippen LogP contribution < -0.4 is 0 Å². The van der Waals surface area contributed by atoms with Gasteiger partial charge >= 0.3 is 0 Å². The van der Waals surface area contributed by atoms with Gasteiger partial charge in [0.25, 0.3) is 0 Å². The molecule has 0 aliphatic carbocycles. The summed E-state index contributed by atoms with van der Waals surface area (Å²) in [5.41, 5.74) is 7.50. The zero-order valence-corrected chi connectivity index (χ0v) is 39.4. The molecule has 0 radical (unpaired) electrons. The summed E-state index contributed by atoms with van der Waals surface area (Å²) in [6, 6.07) is 13.2. The Balaban J connectivity index is 0.000000350. The number of hydrogen-bond acceptors (Lipinski definition) is 5. The Kier molecular flexibility index (Phi) is 21.6. The minimum atomic E-state index is 0.440. The van der Waals surface area contributed by atoms with Crippen molar-refractivity contribution in [2.45, 2.75) is 198 Å². The third-order valence-electron chi connectivity index (χ3n) is 9.40. The summed E-state index contributed by atoms with van der Waals surface area (Å²) >= 11 is 0. The van der Waals surface area contributed by atoms with Crippen molar-refractivity contribution in [3.05, 3.63) is 100 Å². The number of hydrogen-bond donors (Lipinski definition) is 1. The molecule has 5 heterocycles. The summed E-state index contributed by atoms with van der Waals surface area (Å²) in [4.78, 5) is 0. The zero-order valence-electron chi connectivity index (χ0n) is 39.4. The first-order valence-electron chi connectivity index (χ1n) is 21.3. The molecule has 0 saturated carbocycles. The van der Waals surface area contributed by atoms with E-state index < -0.39 is 0 Å². The average molecular weight is 775 g/mol. The van der Waals surface area contributed by atoms with Gasteiger partial charge < -0.3 is 13.5 Å². The molecule has 8 nitrogen and oxygen atoms in total. The van der Waals surface area contributed by atoms with Crippen LogP contribution in [0.4, 0.5) is 0 Å². The van der Waals surface area contributed by atoms with Gasteiger partial charge in [0.05, 0.1) is 17.1 Å². The Bertz CT molecular complexity index is 1460. The molecule has 0 bridgehead atoms. The van der Waals surface area contributed by atoms with Crippen LogP contribution in [0.15, 0.2) is 57.7 Å². The molecule has 5 aromatic heterocycles. The molecule has 5 rings (SSSR count). The molecule has 0 atom stereocenters. The standard InChI is InChI=1S/C11H19N.C10H16O.2C9H16N2.C9H15NO/c1-8(2)10-6-11(9(3)4)12(5)7-10;1-7(2)9-5-6-10(11-9)8(3)4;1-7(2)9-5-6-11(10-9)8(3)4;2*1-6(2)8-5-9(7(3)4)11-10-8/h6-9H,1-5H3;2*5-8H,1-4H3;5-7H,1-4H3,(H,10,11);5-7H,1-4H3. The second kappa shape index (κ2) is 24.1. The molecule has 8 heteroatoms. The van der Waals surface area contributed by atoms with Crippen LogP contribution in [0.25, 0.3) is 0 Å². The summed E-state index contributed by atoms with van der Waals surface area (Å²) in [5.74, 6) is 7.96. The summed E-state index contributed by atoms with van der Waals surface area (Å²) in [7, 11) is 2.13. The first-order valence-corrected chi connectivity index (χ1v) is 21.3. The largest absolute Gasteiger partial charge is 0.466 e. The van der Waals surface area contributed by atoms with E-state index in [0.717, 1.165) is 28.7 Å². The SMILES string of the molecule is CC(C)c1cc(C(C)C)[nH]n1.CC(C)c1cc(C(C)C)n(C)c1.CC(C)c1cc(C(C)C)on1.CC(C)c1ccc(C(C)C)o1.CC(C)c1ccn(C(C)C)n1. The first-order chi connectivity index (χ1) is 26.0. The van der Waals surface area contributed by atoms with E-state index in [0.29, 0.717) is 59.3 Å². The third kappa shape index (κ3) is 17.1. The molecule has 0 aliphatic rings. The number of nitrogens with zero attached hydrogens (tertiary/aromatic N) is 5. The molecular formula is C48H82N6O2. The molecule has 5 aromatic rings. The Morgan fingerprint density at radius 2 is 1.04 bits per heavy atom. The quantitative estimate of drug-likeness (QED) is 0.153. The second-order valence-corrected chi connectivity index (χ2v) is 18.2. The summed E-state index contributed by atoms with van der Waals surface area (Å²) < 4.78 is 15.0. The number of aromatic nitrogens is 6. The second-order valence-electron chi connectivity index (χ2n) is 18.2. The van der Waals surface area contributed by atoms with E-state index in [-0.39, 0.29) is 0 Å². The Labute approximate surface area is 342 Å². The minimum Gasteiger partial charge on any atom is -0.466 e. The van der Waals surface area contributed by atoms with E-state index in [2.05, 4.69) is 207 Å². The van der Waals surface area contributed by atoms with Crippen LogP contribution in [0.1, 0.15) is 249 Å². The average Bonchev–Trinajstić information content (AvgIpc) is 3.94. The van der Waals surface area contributed by atoms with Crippen LogP contribution >= 0.6 is 0 Å². The minimum absolute atomic E-state index is 0.440. The molecule has 0 saturated heterocycles. The van der Waals surface area contributed by atoms with E-state index in [1.807, 2.05) is 16.9 Å². The van der Waals surface area contributed by atoms with Gasteiger partial charge in [0.1, 0.15) is 17.3 Å². The molecule has 0 fully saturated rings. The van der Waals surface area contributed by atoms with Gasteiger partial charge in [-0.1, -0.05) is 130 Å². The smallest absolute Gasteiger partial charge is 0.139 e. The number of aryl methyl sites for hydroxylation is 1. The fourth-order valence-corrected chi connectivity index (χ4v) is 5.23. The number of H-pyrrole nitrogens is 1. The monoisotopic (exact) mass is 775 g/mol. The molecule has 0 unspecified atom stereocenters. The van der Waals surface area contributed by atoms with Crippen LogP contribution in [0, 0.1) is 0 Å². The third-order valence-corrected chi connectivity index (χ3v) is 9.40. The van der Waals surface area contributed by atoms with Crippen LogP contribution in [-0.4, -0.2) is 29.7 Å². The highest BCUT2D eigenvalue weighted by Crippen LogP contribution is 2.24. The van der Waals surface area contributed by atoms with Gasteiger partial charge in [0.15, 0.2) is 0 Å². The van der Waals surface area contributed by atoms with E-state index >= 15 is 0 Å². The lowest BCUT2D eigenvalue weighted by Gasteiger charge is -2.04. The van der Waals surface area contributed by atoms with Crippen LogP contribution in [0.5, 0.6) is 0 Å². The normalized spacial score (nSPS) is 11.5. The molecule has 1 N–H and O–H groups in total. The maximum Gasteiger partial charge on any atom is 0.139 e. The van der Waals surface area contributed by atoms with E-state index in [9.17, 15) is 0 Å². The lowest BCUT2D eigenvalue weighted by Crippen LogP contribution is -2.02. The molecule has 56 heavy (non-hydrogen) atoms. The summed E-state index contributed by atoms with van der Waals surface area (Å²) in [6.45, 7) is 43.2. The van der Waals surface area contributed by atoms with Gasteiger partial charge in [-0.3, -0.25) is 9.78 Å². The van der Waals surface area contributed by atoms with Crippen LogP contribution in [0.3, 0.4) is 0 Å². The van der Waals surface area contributed by atoms with Crippen molar-refractivity contribution in [2.24, 2.45) is 7.05 Å². The molecule has 316 valence electrons. The van der Waals surface area contributed by atoms with Gasteiger partial charge in [-0.15, -0.1) is 0 Å². The highest BCUT2D eigenvalue weighted by Gasteiger charge is 2.11. The molecular weight excluding hydrogens is 693 g/mol. The topological polar surface area (TPSA) is 90.6 Å². The van der Waals surface area contributed by atoms with E-state index in [1.54, 1.807) is 0 Å². The summed E-state index contributed by atoms with van der Waals surface area (Å²) in [5, 5.41) is 15.6. The Morgan fingerprint density at radius 3 is 1.29 bits per heavy atom. The highest BCUT2D eigenvalue weighted by molar-refractivity contribution is 5.23. The maximum absolute atomic E-state index is 5.61. The van der Waals surface area contributed by atoms with Crippen molar-refractivity contribution in [2.75, 3.05) is 0 Å². The first kappa shape index (κ1) is 50.2. The predicted molar refractivity (Wildman–Crippen MR) is 239 cm³/mol. The van der Waals surface area contributed by atoms with Gasteiger partial charge in [-0.25, -0.2) is 0 Å². The molecule has 0 aliphatic heterocycles. The number of rotatable bonds is 10. The van der Waals surface area contributed by atoms with Gasteiger partial charge in [-0.05, 0) is 85.3 Å². The van der Waals surface area contributed by atoms with Crippen molar-refractivity contribution in [3.63, 3.8) is 0 Å². The van der Waals surface area contributed by atoms with Crippen LogP contribution in [-0.2, 0) is 7.05 Å². The number of nitrogens with one attached hydrogen (secondary N) is 1. The van der Waals surface area contributed by atoms with Crippen molar-refractivity contribution < 1.29 is 8.94 Å². The zero-order chi connectivity index (χ0) is 43.0. The Morgan fingerprint density at radius 1 is 0.518 bits per heavy atom. The van der Waals surface area contributed by atoms with Gasteiger partial charge in [0.2, 0.25) is 0 Å². The molecule has 0 amide bonds. The lowest BCUT2D eigenvalue weighted by atomic mass is 10.1. The van der Waals surface area contributed by atoms with Crippen molar-refractivity contribution >= 4 is 0 Å². The van der Waals surface area contributed by atoms with Crippen molar-refractivity contribution in [1.82, 2.24) is 29.7 Å². The van der Waals surface area contributed by atoms with Crippen molar-refractivity contribution in [3.8, 4) is 0 Å². The highest BCUT2D eigenvalue weighted by atomic mass is 16.5. The molecule has 0 spiro atoms. The summed E-state index contributed by atoms with van der Waals surface area (Å²) in [6.07, 6.45) is 4.28. The van der Waals surface area contributed by atoms with Crippen LogP contribution in [0.2, 0.25) is 0 Å². The van der Waals surface area contributed by atoms with E-state index in [4.69, 9.17) is 8.94 Å². The predicted octanol–water partition coefficient (Wildman–Crippen LogP) is 15.0. The molecule has 0 aromatic carbocycles. The Hall–Kier alpha value is -3.81. The fourth-order valence-electron chi connectivity index (χ4n) is 5.23. The fraction of sp³-hybridized carbons (Fsp3) is 0.646. The van der Waals surface area contributed by atoms with Gasteiger partial charge in [0, 0.05) is 60.7 Å². The van der Waals surface area contributed by atoms with Crippen molar-refractivity contribution in [1.29, 1.82) is 0 Å². The lowest BCUT2D eigenvalue weighted by molar-refractivity contribution is 0.363. The number of furan rings is 1. The maximum atomic E-state index is 5.61. The van der Waals surface area contributed by atoms with E-state index in [1.165, 1.54) is 22.6 Å².